The number of hydrogen-bond acceptors (Lipinski definition) is 4. The molecule has 11 heavy (non-hydrogen) atoms. The predicted molar refractivity (Wildman–Crippen MR) is 41.2 cm³/mol. The van der Waals surface area contributed by atoms with Gasteiger partial charge in [-0.3, -0.25) is 0 Å². The van der Waals surface area contributed by atoms with Gasteiger partial charge in [-0.05, 0) is 12.1 Å². The first-order valence-corrected chi connectivity index (χ1v) is 3.18. The Balaban J connectivity index is 2.30. The summed E-state index contributed by atoms with van der Waals surface area (Å²) in [6.07, 6.45) is 2.38. The van der Waals surface area contributed by atoms with Gasteiger partial charge in [-0.15, -0.1) is 0 Å². The van der Waals surface area contributed by atoms with Crippen LogP contribution in [0.1, 0.15) is 0 Å². The maximum atomic E-state index is 3.76. The van der Waals surface area contributed by atoms with Gasteiger partial charge in [0.1, 0.15) is 5.10 Å². The van der Waals surface area contributed by atoms with E-state index in [1.165, 1.54) is 5.12 Å². The van der Waals surface area contributed by atoms with Gasteiger partial charge in [0.2, 0.25) is 0 Å². The van der Waals surface area contributed by atoms with Gasteiger partial charge in [-0.2, -0.15) is 0 Å². The van der Waals surface area contributed by atoms with E-state index < -0.39 is 0 Å². The average Bonchev–Trinajstić information content (AvgIpc) is 2.58. The van der Waals surface area contributed by atoms with Crippen LogP contribution in [0.5, 0.6) is 0 Å². The summed E-state index contributed by atoms with van der Waals surface area (Å²) < 4.78 is 0. The molecule has 4 heteroatoms. The van der Waals surface area contributed by atoms with Gasteiger partial charge in [0.25, 0.3) is 0 Å². The third-order valence-electron chi connectivity index (χ3n) is 1.30. The summed E-state index contributed by atoms with van der Waals surface area (Å²) >= 11 is 0. The minimum atomic E-state index is 0.890. The standard InChI is InChI=1S/C7H5N4/c1-2-4-7(5-3-1)11-9-6-8-10-11/h1-5H/q+1. The molecule has 1 aromatic carbocycles. The molecule has 52 valence electrons. The molecule has 0 bridgehead atoms. The van der Waals surface area contributed by atoms with Gasteiger partial charge in [0, 0.05) is 5.22 Å². The Morgan fingerprint density at radius 3 is 2.64 bits per heavy atom. The Morgan fingerprint density at radius 1 is 1.18 bits per heavy atom. The minimum Gasteiger partial charge on any atom is -0.0799 e. The lowest BCUT2D eigenvalue weighted by atomic mass is 10.3. The van der Waals surface area contributed by atoms with Crippen LogP contribution in [0, 0.1) is 0 Å². The highest BCUT2D eigenvalue weighted by molar-refractivity contribution is 5.60. The van der Waals surface area contributed by atoms with Crippen molar-refractivity contribution in [1.29, 1.82) is 0 Å². The molecule has 0 spiro atoms. The second-order valence-electron chi connectivity index (χ2n) is 2.01. The monoisotopic (exact) mass is 145 g/mol. The Morgan fingerprint density at radius 2 is 2.00 bits per heavy atom. The molecule has 1 aromatic rings. The van der Waals surface area contributed by atoms with E-state index in [9.17, 15) is 0 Å². The third kappa shape index (κ3) is 1.07. The van der Waals surface area contributed by atoms with E-state index in [4.69, 9.17) is 0 Å². The van der Waals surface area contributed by atoms with Crippen molar-refractivity contribution < 1.29 is 0 Å². The number of hydrogen-bond donors (Lipinski definition) is 0. The molecule has 0 N–H and O–H groups in total. The van der Waals surface area contributed by atoms with Crippen molar-refractivity contribution >= 4 is 12.0 Å². The fourth-order valence-electron chi connectivity index (χ4n) is 0.815. The van der Waals surface area contributed by atoms with Crippen LogP contribution in [-0.2, 0) is 0 Å². The zero-order chi connectivity index (χ0) is 7.52. The lowest BCUT2D eigenvalue weighted by Crippen LogP contribution is -2.01. The van der Waals surface area contributed by atoms with Crippen LogP contribution < -0.4 is 5.12 Å². The fraction of sp³-hybridized carbons (Fsp3) is 0. The van der Waals surface area contributed by atoms with E-state index in [1.807, 2.05) is 30.3 Å². The van der Waals surface area contributed by atoms with Gasteiger partial charge >= 0.3 is 6.34 Å². The van der Waals surface area contributed by atoms with Crippen molar-refractivity contribution in [2.24, 2.45) is 15.4 Å². The zero-order valence-corrected chi connectivity index (χ0v) is 5.68. The van der Waals surface area contributed by atoms with E-state index in [-0.39, 0.29) is 0 Å². The van der Waals surface area contributed by atoms with Crippen molar-refractivity contribution in [3.8, 4) is 0 Å². The van der Waals surface area contributed by atoms with Crippen LogP contribution >= 0.6 is 0 Å². The topological polar surface area (TPSA) is 40.3 Å². The van der Waals surface area contributed by atoms with E-state index in [0.717, 1.165) is 5.69 Å². The van der Waals surface area contributed by atoms with Gasteiger partial charge < -0.3 is 0 Å². The number of hydrazone groups is 1. The first kappa shape index (κ1) is 5.95. The SMILES string of the molecule is [C+]1=NN(c2ccccc2)N=N1. The molecule has 2 rings (SSSR count). The molecule has 0 radical (unpaired) electrons. The molecule has 0 atom stereocenters. The molecule has 4 nitrogen and oxygen atoms in total. The molecule has 0 saturated heterocycles. The lowest BCUT2D eigenvalue weighted by molar-refractivity contribution is 0.915. The number of benzene rings is 1. The Hall–Kier alpha value is -1.80. The van der Waals surface area contributed by atoms with Crippen molar-refractivity contribution in [3.05, 3.63) is 30.3 Å². The van der Waals surface area contributed by atoms with E-state index >= 15 is 0 Å². The first-order chi connectivity index (χ1) is 5.47. The lowest BCUT2D eigenvalue weighted by Gasteiger charge is -1.99. The summed E-state index contributed by atoms with van der Waals surface area (Å²) in [5, 5.41) is 12.3. The predicted octanol–water partition coefficient (Wildman–Crippen LogP) is 1.69. The minimum absolute atomic E-state index is 0.890. The zero-order valence-electron chi connectivity index (χ0n) is 5.68. The largest absolute Gasteiger partial charge is 0.599 e. The Bertz CT molecular complexity index is 279. The van der Waals surface area contributed by atoms with Crippen molar-refractivity contribution in [3.63, 3.8) is 0 Å². The molecule has 1 aliphatic rings. The number of nitrogens with zero attached hydrogens (tertiary/aromatic N) is 4. The van der Waals surface area contributed by atoms with Crippen LogP contribution in [0.4, 0.5) is 5.69 Å². The smallest absolute Gasteiger partial charge is 0.0799 e. The van der Waals surface area contributed by atoms with Crippen LogP contribution in [0.25, 0.3) is 0 Å². The number of rotatable bonds is 1. The Kier molecular flexibility index (Phi) is 1.32. The highest BCUT2D eigenvalue weighted by Gasteiger charge is 2.15. The van der Waals surface area contributed by atoms with Crippen LogP contribution in [0.15, 0.2) is 45.8 Å². The first-order valence-electron chi connectivity index (χ1n) is 3.18. The molecule has 1 heterocycles. The molecule has 0 aliphatic carbocycles. The van der Waals surface area contributed by atoms with E-state index in [0.29, 0.717) is 0 Å². The van der Waals surface area contributed by atoms with Gasteiger partial charge in [-0.1, -0.05) is 23.3 Å². The number of anilines is 1. The highest BCUT2D eigenvalue weighted by atomic mass is 15.7. The van der Waals surface area contributed by atoms with Crippen molar-refractivity contribution in [2.75, 3.05) is 5.12 Å². The molecular weight excluding hydrogens is 140 g/mol. The maximum Gasteiger partial charge on any atom is 0.599 e. The summed E-state index contributed by atoms with van der Waals surface area (Å²) in [6.45, 7) is 0. The summed E-state index contributed by atoms with van der Waals surface area (Å²) in [5.74, 6) is 0. The molecule has 0 aromatic heterocycles. The van der Waals surface area contributed by atoms with Crippen molar-refractivity contribution in [2.45, 2.75) is 0 Å². The van der Waals surface area contributed by atoms with Gasteiger partial charge in [0.15, 0.2) is 5.11 Å². The second kappa shape index (κ2) is 2.44. The van der Waals surface area contributed by atoms with E-state index in [1.54, 1.807) is 0 Å². The molecule has 0 fully saturated rings. The second-order valence-corrected chi connectivity index (χ2v) is 2.01. The van der Waals surface area contributed by atoms with Crippen LogP contribution in [0.2, 0.25) is 0 Å². The summed E-state index contributed by atoms with van der Waals surface area (Å²) in [4.78, 5) is 0. The van der Waals surface area contributed by atoms with Crippen LogP contribution in [-0.4, -0.2) is 6.34 Å². The molecule has 0 amide bonds. The van der Waals surface area contributed by atoms with Crippen molar-refractivity contribution in [1.82, 2.24) is 0 Å². The Labute approximate surface area is 63.8 Å². The maximum absolute atomic E-state index is 3.76. The molecule has 1 aliphatic heterocycles. The fourth-order valence-corrected chi connectivity index (χ4v) is 0.815. The van der Waals surface area contributed by atoms with Gasteiger partial charge in [-0.25, -0.2) is 0 Å². The normalized spacial score (nSPS) is 13.6. The third-order valence-corrected chi connectivity index (χ3v) is 1.30. The van der Waals surface area contributed by atoms with Crippen LogP contribution in [0.3, 0.4) is 0 Å². The average molecular weight is 145 g/mol. The number of para-hydroxylation sites is 1. The molecule has 0 saturated carbocycles. The summed E-state index contributed by atoms with van der Waals surface area (Å²) in [6, 6.07) is 9.56. The highest BCUT2D eigenvalue weighted by Crippen LogP contribution is 2.15. The molecular formula is C7H5N4+. The summed E-state index contributed by atoms with van der Waals surface area (Å²) in [5.41, 5.74) is 0.890. The van der Waals surface area contributed by atoms with Gasteiger partial charge in [0.05, 0.1) is 5.69 Å². The molecule has 0 unspecified atom stereocenters. The quantitative estimate of drug-likeness (QED) is 0.554. The summed E-state index contributed by atoms with van der Waals surface area (Å²) in [7, 11) is 0. The van der Waals surface area contributed by atoms with E-state index in [2.05, 4.69) is 21.8 Å².